The first-order valence-corrected chi connectivity index (χ1v) is 8.51. The van der Waals surface area contributed by atoms with E-state index in [4.69, 9.17) is 4.74 Å². The molecule has 2 rings (SSSR count). The van der Waals surface area contributed by atoms with Gasteiger partial charge in [-0.15, -0.1) is 0 Å². The molecule has 20 heavy (non-hydrogen) atoms. The number of nitrogens with zero attached hydrogens (tertiary/aromatic N) is 2. The Morgan fingerprint density at radius 3 is 2.70 bits per heavy atom. The Hall–Kier alpha value is -1.01. The zero-order chi connectivity index (χ0) is 14.4. The maximum absolute atomic E-state index is 5.72. The molecule has 2 N–H and O–H groups in total. The van der Waals surface area contributed by atoms with Gasteiger partial charge in [0.2, 0.25) is 0 Å². The lowest BCUT2D eigenvalue weighted by atomic mass is 10.00. The van der Waals surface area contributed by atoms with Gasteiger partial charge in [0.15, 0.2) is 5.16 Å². The molecule has 0 aromatic carbocycles. The Labute approximate surface area is 125 Å². The molecule has 1 aromatic heterocycles. The molecular weight excluding hydrogens is 272 g/mol. The number of rotatable bonds is 7. The van der Waals surface area contributed by atoms with Crippen LogP contribution in [0.2, 0.25) is 0 Å². The van der Waals surface area contributed by atoms with E-state index in [1.165, 1.54) is 0 Å². The largest absolute Gasteiger partial charge is 0.378 e. The summed E-state index contributed by atoms with van der Waals surface area (Å²) in [6.07, 6.45) is 4.59. The molecule has 112 valence electrons. The monoisotopic (exact) mass is 296 g/mol. The van der Waals surface area contributed by atoms with Gasteiger partial charge in [-0.25, -0.2) is 9.97 Å². The van der Waals surface area contributed by atoms with Gasteiger partial charge < -0.3 is 15.4 Å². The second kappa shape index (κ2) is 7.69. The number of ether oxygens (including phenoxy) is 1. The van der Waals surface area contributed by atoms with Crippen LogP contribution in [-0.2, 0) is 4.74 Å². The fourth-order valence-corrected chi connectivity index (χ4v) is 2.87. The van der Waals surface area contributed by atoms with Crippen molar-refractivity contribution in [2.45, 2.75) is 37.9 Å². The molecule has 0 spiro atoms. The molecule has 0 radical (unpaired) electrons. The third-order valence-corrected chi connectivity index (χ3v) is 4.09. The molecule has 0 amide bonds. The summed E-state index contributed by atoms with van der Waals surface area (Å²) in [4.78, 5) is 8.93. The van der Waals surface area contributed by atoms with Crippen molar-refractivity contribution in [2.75, 3.05) is 36.6 Å². The highest BCUT2D eigenvalue weighted by Crippen LogP contribution is 2.24. The summed E-state index contributed by atoms with van der Waals surface area (Å²) in [7, 11) is 0. The predicted molar refractivity (Wildman–Crippen MR) is 84.6 cm³/mol. The third-order valence-electron chi connectivity index (χ3n) is 3.54. The molecule has 0 bridgehead atoms. The standard InChI is InChI=1S/C14H24N4OS/c1-4-11-10(6-7-19-11)9-16-13-8-12(15-5-2)17-14(18-13)20-3/h8,10-11H,4-7,9H2,1-3H3,(H2,15,16,17,18). The molecule has 1 saturated heterocycles. The van der Waals surface area contributed by atoms with Gasteiger partial charge in [-0.3, -0.25) is 0 Å². The number of hydrogen-bond acceptors (Lipinski definition) is 6. The highest BCUT2D eigenvalue weighted by molar-refractivity contribution is 7.98. The van der Waals surface area contributed by atoms with Crippen LogP contribution in [0.15, 0.2) is 11.2 Å². The lowest BCUT2D eigenvalue weighted by Gasteiger charge is -2.18. The van der Waals surface area contributed by atoms with Crippen molar-refractivity contribution >= 4 is 23.4 Å². The maximum atomic E-state index is 5.72. The minimum atomic E-state index is 0.387. The molecule has 2 heterocycles. The highest BCUT2D eigenvalue weighted by atomic mass is 32.2. The lowest BCUT2D eigenvalue weighted by Crippen LogP contribution is -2.23. The van der Waals surface area contributed by atoms with Gasteiger partial charge in [-0.1, -0.05) is 18.7 Å². The Morgan fingerprint density at radius 2 is 2.05 bits per heavy atom. The molecule has 1 aromatic rings. The van der Waals surface area contributed by atoms with Crippen LogP contribution in [0, 0.1) is 5.92 Å². The van der Waals surface area contributed by atoms with E-state index in [0.717, 1.165) is 49.3 Å². The summed E-state index contributed by atoms with van der Waals surface area (Å²) in [6, 6.07) is 1.97. The molecule has 1 fully saturated rings. The molecular formula is C14H24N4OS. The van der Waals surface area contributed by atoms with Crippen LogP contribution in [0.3, 0.4) is 0 Å². The first kappa shape index (κ1) is 15.4. The molecule has 6 heteroatoms. The second-order valence-corrected chi connectivity index (χ2v) is 5.68. The van der Waals surface area contributed by atoms with Crippen LogP contribution in [-0.4, -0.2) is 42.0 Å². The minimum Gasteiger partial charge on any atom is -0.378 e. The molecule has 2 atom stereocenters. The molecule has 5 nitrogen and oxygen atoms in total. The topological polar surface area (TPSA) is 59.1 Å². The van der Waals surface area contributed by atoms with E-state index in [9.17, 15) is 0 Å². The van der Waals surface area contributed by atoms with Crippen molar-refractivity contribution in [1.82, 2.24) is 9.97 Å². The van der Waals surface area contributed by atoms with E-state index in [0.29, 0.717) is 12.0 Å². The Bertz CT molecular complexity index is 430. The maximum Gasteiger partial charge on any atom is 0.191 e. The van der Waals surface area contributed by atoms with Crippen LogP contribution in [0.25, 0.3) is 0 Å². The van der Waals surface area contributed by atoms with Crippen molar-refractivity contribution in [3.05, 3.63) is 6.07 Å². The smallest absolute Gasteiger partial charge is 0.191 e. The number of thioether (sulfide) groups is 1. The summed E-state index contributed by atoms with van der Waals surface area (Å²) in [5.41, 5.74) is 0. The van der Waals surface area contributed by atoms with Crippen molar-refractivity contribution in [2.24, 2.45) is 5.92 Å². The average Bonchev–Trinajstić information content (AvgIpc) is 2.92. The van der Waals surface area contributed by atoms with Gasteiger partial charge in [0.05, 0.1) is 6.10 Å². The summed E-state index contributed by atoms with van der Waals surface area (Å²) in [5.74, 6) is 2.35. The lowest BCUT2D eigenvalue weighted by molar-refractivity contribution is 0.0900. The first-order chi connectivity index (χ1) is 9.76. The van der Waals surface area contributed by atoms with Gasteiger partial charge in [-0.05, 0) is 26.0 Å². The summed E-state index contributed by atoms with van der Waals surface area (Å²) in [5, 5.41) is 7.47. The van der Waals surface area contributed by atoms with E-state index in [1.807, 2.05) is 12.3 Å². The first-order valence-electron chi connectivity index (χ1n) is 7.29. The van der Waals surface area contributed by atoms with Gasteiger partial charge >= 0.3 is 0 Å². The molecule has 1 aliphatic rings. The van der Waals surface area contributed by atoms with E-state index in [2.05, 4.69) is 34.4 Å². The zero-order valence-electron chi connectivity index (χ0n) is 12.5. The highest BCUT2D eigenvalue weighted by Gasteiger charge is 2.26. The fourth-order valence-electron chi connectivity index (χ4n) is 2.49. The fraction of sp³-hybridized carbons (Fsp3) is 0.714. The second-order valence-electron chi connectivity index (χ2n) is 4.90. The summed E-state index contributed by atoms with van der Waals surface area (Å²) < 4.78 is 5.72. The summed E-state index contributed by atoms with van der Waals surface area (Å²) in [6.45, 7) is 6.90. The van der Waals surface area contributed by atoms with Crippen molar-refractivity contribution < 1.29 is 4.74 Å². The average molecular weight is 296 g/mol. The summed E-state index contributed by atoms with van der Waals surface area (Å²) >= 11 is 1.56. The molecule has 2 unspecified atom stereocenters. The van der Waals surface area contributed by atoms with E-state index < -0.39 is 0 Å². The molecule has 0 aliphatic carbocycles. The van der Waals surface area contributed by atoms with E-state index in [1.54, 1.807) is 11.8 Å². The molecule has 1 aliphatic heterocycles. The number of hydrogen-bond donors (Lipinski definition) is 2. The minimum absolute atomic E-state index is 0.387. The Kier molecular flexibility index (Phi) is 5.91. The number of anilines is 2. The van der Waals surface area contributed by atoms with Crippen LogP contribution in [0.1, 0.15) is 26.7 Å². The van der Waals surface area contributed by atoms with Gasteiger partial charge in [0.25, 0.3) is 0 Å². The Balaban J connectivity index is 1.99. The number of nitrogens with one attached hydrogen (secondary N) is 2. The van der Waals surface area contributed by atoms with Gasteiger partial charge in [0, 0.05) is 31.7 Å². The Morgan fingerprint density at radius 1 is 1.30 bits per heavy atom. The van der Waals surface area contributed by atoms with Crippen molar-refractivity contribution in [3.63, 3.8) is 0 Å². The predicted octanol–water partition coefficient (Wildman–Crippen LogP) is 2.86. The van der Waals surface area contributed by atoms with E-state index in [-0.39, 0.29) is 0 Å². The SMILES string of the molecule is CCNc1cc(NCC2CCOC2CC)nc(SC)n1. The van der Waals surface area contributed by atoms with Crippen LogP contribution < -0.4 is 10.6 Å². The normalized spacial score (nSPS) is 21.9. The molecule has 0 saturated carbocycles. The van der Waals surface area contributed by atoms with Crippen molar-refractivity contribution in [1.29, 1.82) is 0 Å². The van der Waals surface area contributed by atoms with Gasteiger partial charge in [0.1, 0.15) is 11.6 Å². The quantitative estimate of drug-likeness (QED) is 0.596. The number of aromatic nitrogens is 2. The van der Waals surface area contributed by atoms with Crippen LogP contribution in [0.4, 0.5) is 11.6 Å². The zero-order valence-corrected chi connectivity index (χ0v) is 13.3. The third kappa shape index (κ3) is 3.99. The van der Waals surface area contributed by atoms with Crippen LogP contribution in [0.5, 0.6) is 0 Å². The van der Waals surface area contributed by atoms with E-state index >= 15 is 0 Å². The van der Waals surface area contributed by atoms with Crippen molar-refractivity contribution in [3.8, 4) is 0 Å². The van der Waals surface area contributed by atoms with Gasteiger partial charge in [-0.2, -0.15) is 0 Å². The van der Waals surface area contributed by atoms with Crippen LogP contribution >= 0.6 is 11.8 Å².